The van der Waals surface area contributed by atoms with Gasteiger partial charge in [-0.15, -0.1) is 0 Å². The summed E-state index contributed by atoms with van der Waals surface area (Å²) in [5.41, 5.74) is 1.64. The molecule has 2 amide bonds. The Balaban J connectivity index is 1.69. The summed E-state index contributed by atoms with van der Waals surface area (Å²) in [6, 6.07) is 15.3. The van der Waals surface area contributed by atoms with E-state index in [1.165, 1.54) is 30.3 Å². The second-order valence-corrected chi connectivity index (χ2v) is 5.97. The Kier molecular flexibility index (Phi) is 8.79. The first-order chi connectivity index (χ1) is 14.5. The first-order valence-electron chi connectivity index (χ1n) is 9.21. The van der Waals surface area contributed by atoms with E-state index in [-0.39, 0.29) is 13.2 Å². The van der Waals surface area contributed by atoms with Gasteiger partial charge < -0.3 is 20.1 Å². The van der Waals surface area contributed by atoms with Crippen molar-refractivity contribution in [3.8, 4) is 0 Å². The van der Waals surface area contributed by atoms with Gasteiger partial charge in [-0.3, -0.25) is 14.4 Å². The van der Waals surface area contributed by atoms with E-state index >= 15 is 0 Å². The number of esters is 2. The number of nitrogens with one attached hydrogen (secondary N) is 2. The molecule has 8 nitrogen and oxygen atoms in total. The number of hydrogen-bond donors (Lipinski definition) is 2. The Labute approximate surface area is 173 Å². The van der Waals surface area contributed by atoms with Gasteiger partial charge in [-0.05, 0) is 42.8 Å². The van der Waals surface area contributed by atoms with Gasteiger partial charge in [0.1, 0.15) is 6.54 Å². The Morgan fingerprint density at radius 2 is 1.63 bits per heavy atom. The molecule has 0 aliphatic rings. The normalized spacial score (nSPS) is 10.3. The van der Waals surface area contributed by atoms with Gasteiger partial charge in [0.05, 0.1) is 12.2 Å². The van der Waals surface area contributed by atoms with Gasteiger partial charge in [-0.1, -0.05) is 30.3 Å². The minimum Gasteiger partial charge on any atom is -0.462 e. The lowest BCUT2D eigenvalue weighted by molar-refractivity contribution is -0.146. The molecule has 0 saturated carbocycles. The molecular weight excluding hydrogens is 388 g/mol. The fourth-order valence-electron chi connectivity index (χ4n) is 2.25. The zero-order valence-electron chi connectivity index (χ0n) is 16.4. The maximum Gasteiger partial charge on any atom is 0.338 e. The number of benzene rings is 2. The number of carbonyl (C=O) groups is 4. The molecule has 0 fully saturated rings. The number of carbonyl (C=O) groups excluding carboxylic acids is 4. The molecule has 0 aromatic heterocycles. The summed E-state index contributed by atoms with van der Waals surface area (Å²) < 4.78 is 9.69. The van der Waals surface area contributed by atoms with Crippen LogP contribution in [0.3, 0.4) is 0 Å². The van der Waals surface area contributed by atoms with Crippen LogP contribution in [0.2, 0.25) is 0 Å². The second kappa shape index (κ2) is 11.8. The van der Waals surface area contributed by atoms with Gasteiger partial charge in [0.15, 0.2) is 6.61 Å². The third-order valence-electron chi connectivity index (χ3n) is 3.68. The van der Waals surface area contributed by atoms with E-state index < -0.39 is 30.4 Å². The van der Waals surface area contributed by atoms with Gasteiger partial charge >= 0.3 is 11.9 Å². The van der Waals surface area contributed by atoms with Crippen molar-refractivity contribution in [1.29, 1.82) is 0 Å². The van der Waals surface area contributed by atoms with E-state index in [0.29, 0.717) is 11.3 Å². The van der Waals surface area contributed by atoms with Gasteiger partial charge in [0.25, 0.3) is 5.91 Å². The van der Waals surface area contributed by atoms with Crippen LogP contribution in [0.25, 0.3) is 6.08 Å². The minimum atomic E-state index is -0.746. The van der Waals surface area contributed by atoms with Gasteiger partial charge in [-0.25, -0.2) is 4.79 Å². The predicted molar refractivity (Wildman–Crippen MR) is 110 cm³/mol. The molecule has 0 aliphatic carbocycles. The number of hydrogen-bond acceptors (Lipinski definition) is 6. The third-order valence-corrected chi connectivity index (χ3v) is 3.68. The Bertz CT molecular complexity index is 907. The summed E-state index contributed by atoms with van der Waals surface area (Å²) in [6.45, 7) is 1.11. The quantitative estimate of drug-likeness (QED) is 0.484. The molecule has 2 aromatic carbocycles. The molecule has 0 radical (unpaired) electrons. The monoisotopic (exact) mass is 410 g/mol. The molecule has 0 spiro atoms. The van der Waals surface area contributed by atoms with Gasteiger partial charge in [-0.2, -0.15) is 0 Å². The van der Waals surface area contributed by atoms with Crippen LogP contribution in [0.5, 0.6) is 0 Å². The largest absolute Gasteiger partial charge is 0.462 e. The molecular formula is C22H22N2O6. The highest BCUT2D eigenvalue weighted by atomic mass is 16.5. The lowest BCUT2D eigenvalue weighted by atomic mass is 10.2. The lowest BCUT2D eigenvalue weighted by Gasteiger charge is -2.08. The zero-order chi connectivity index (χ0) is 21.8. The minimum absolute atomic E-state index is 0.270. The molecule has 30 heavy (non-hydrogen) atoms. The topological polar surface area (TPSA) is 111 Å². The molecule has 0 atom stereocenters. The van der Waals surface area contributed by atoms with Crippen molar-refractivity contribution in [2.45, 2.75) is 6.92 Å². The number of anilines is 1. The molecule has 2 rings (SSSR count). The van der Waals surface area contributed by atoms with Crippen LogP contribution in [0.4, 0.5) is 5.69 Å². The molecule has 2 aromatic rings. The molecule has 156 valence electrons. The molecule has 0 aliphatic heterocycles. The van der Waals surface area contributed by atoms with Crippen LogP contribution < -0.4 is 10.6 Å². The van der Waals surface area contributed by atoms with Crippen molar-refractivity contribution >= 4 is 35.5 Å². The average Bonchev–Trinajstić information content (AvgIpc) is 2.76. The second-order valence-electron chi connectivity index (χ2n) is 5.97. The Morgan fingerprint density at radius 3 is 2.30 bits per heavy atom. The van der Waals surface area contributed by atoms with Gasteiger partial charge in [0, 0.05) is 11.8 Å². The van der Waals surface area contributed by atoms with Crippen molar-refractivity contribution in [3.63, 3.8) is 0 Å². The highest BCUT2D eigenvalue weighted by Gasteiger charge is 2.10. The Hall–Kier alpha value is -3.94. The van der Waals surface area contributed by atoms with E-state index in [2.05, 4.69) is 10.6 Å². The summed E-state index contributed by atoms with van der Waals surface area (Å²) in [7, 11) is 0. The first-order valence-corrected chi connectivity index (χ1v) is 9.21. The zero-order valence-corrected chi connectivity index (χ0v) is 16.4. The highest BCUT2D eigenvalue weighted by Crippen LogP contribution is 2.10. The molecule has 2 N–H and O–H groups in total. The average molecular weight is 410 g/mol. The summed E-state index contributed by atoms with van der Waals surface area (Å²) in [6.07, 6.45) is 2.91. The summed E-state index contributed by atoms with van der Waals surface area (Å²) in [5.74, 6) is -2.21. The molecule has 0 saturated heterocycles. The van der Waals surface area contributed by atoms with Crippen molar-refractivity contribution in [2.75, 3.05) is 25.1 Å². The number of rotatable bonds is 9. The molecule has 0 bridgehead atoms. The lowest BCUT2D eigenvalue weighted by Crippen LogP contribution is -2.31. The van der Waals surface area contributed by atoms with E-state index in [4.69, 9.17) is 9.47 Å². The van der Waals surface area contributed by atoms with E-state index in [0.717, 1.165) is 5.56 Å². The van der Waals surface area contributed by atoms with Crippen LogP contribution in [0.15, 0.2) is 60.7 Å². The van der Waals surface area contributed by atoms with Crippen molar-refractivity contribution in [3.05, 3.63) is 71.8 Å². The number of ether oxygens (including phenoxy) is 2. The van der Waals surface area contributed by atoms with Crippen molar-refractivity contribution in [2.24, 2.45) is 0 Å². The highest BCUT2D eigenvalue weighted by molar-refractivity contribution is 5.95. The molecule has 0 heterocycles. The summed E-state index contributed by atoms with van der Waals surface area (Å²) in [4.78, 5) is 46.8. The van der Waals surface area contributed by atoms with Crippen LogP contribution in [0, 0.1) is 0 Å². The van der Waals surface area contributed by atoms with Gasteiger partial charge in [0.2, 0.25) is 5.91 Å². The van der Waals surface area contributed by atoms with Crippen molar-refractivity contribution < 1.29 is 28.7 Å². The van der Waals surface area contributed by atoms with E-state index in [1.807, 2.05) is 30.3 Å². The molecule has 0 unspecified atom stereocenters. The summed E-state index contributed by atoms with van der Waals surface area (Å²) >= 11 is 0. The van der Waals surface area contributed by atoms with Crippen LogP contribution in [-0.2, 0) is 23.9 Å². The number of amides is 2. The summed E-state index contributed by atoms with van der Waals surface area (Å²) in [5, 5.41) is 4.91. The fourth-order valence-corrected chi connectivity index (χ4v) is 2.25. The van der Waals surface area contributed by atoms with E-state index in [1.54, 1.807) is 13.0 Å². The van der Waals surface area contributed by atoms with Crippen LogP contribution in [0.1, 0.15) is 22.8 Å². The Morgan fingerprint density at radius 1 is 0.933 bits per heavy atom. The van der Waals surface area contributed by atoms with Crippen molar-refractivity contribution in [1.82, 2.24) is 5.32 Å². The van der Waals surface area contributed by atoms with Crippen LogP contribution in [-0.4, -0.2) is 43.5 Å². The smallest absolute Gasteiger partial charge is 0.338 e. The maximum absolute atomic E-state index is 11.9. The third kappa shape index (κ3) is 7.97. The van der Waals surface area contributed by atoms with Crippen LogP contribution >= 0.6 is 0 Å². The SMILES string of the molecule is CCOC(=O)c1ccc(NC(=O)COC(=O)CNC(=O)/C=C/c2ccccc2)cc1. The molecule has 8 heteroatoms. The first kappa shape index (κ1) is 22.4. The fraction of sp³-hybridized carbons (Fsp3) is 0.182. The maximum atomic E-state index is 11.9. The predicted octanol–water partition coefficient (Wildman–Crippen LogP) is 2.17. The van der Waals surface area contributed by atoms with E-state index in [9.17, 15) is 19.2 Å². The standard InChI is InChI=1S/C22H22N2O6/c1-2-29-22(28)17-9-11-18(12-10-17)24-20(26)15-30-21(27)14-23-19(25)13-8-16-6-4-3-5-7-16/h3-13H,2,14-15H2,1H3,(H,23,25)(H,24,26)/b13-8+.